The maximum absolute atomic E-state index is 11.2. The third kappa shape index (κ3) is 4.69. The normalized spacial score (nSPS) is 25.4. The molecule has 0 bridgehead atoms. The lowest BCUT2D eigenvalue weighted by molar-refractivity contribution is -0.143. The standard InChI is InChI=1S/C18H25NO4/c20-18(21)15-5-2-8-19(12-15)11-14-4-1-6-16(10-14)23-13-17-7-3-9-22-17/h1,4,6,10,15,17H,2-3,5,7-9,11-13H2,(H,20,21). The number of carboxylic acids is 1. The number of hydrogen-bond acceptors (Lipinski definition) is 4. The van der Waals surface area contributed by atoms with Crippen molar-refractivity contribution in [3.05, 3.63) is 29.8 Å². The molecule has 0 saturated carbocycles. The smallest absolute Gasteiger partial charge is 0.307 e. The fraction of sp³-hybridized carbons (Fsp3) is 0.611. The summed E-state index contributed by atoms with van der Waals surface area (Å²) in [5.74, 6) is -0.0455. The predicted molar refractivity (Wildman–Crippen MR) is 86.5 cm³/mol. The molecule has 0 spiro atoms. The van der Waals surface area contributed by atoms with E-state index in [1.54, 1.807) is 0 Å². The molecule has 0 aliphatic carbocycles. The number of nitrogens with zero attached hydrogens (tertiary/aromatic N) is 1. The molecule has 2 atom stereocenters. The molecule has 126 valence electrons. The van der Waals surface area contributed by atoms with Crippen molar-refractivity contribution in [3.63, 3.8) is 0 Å². The van der Waals surface area contributed by atoms with E-state index in [0.29, 0.717) is 13.2 Å². The van der Waals surface area contributed by atoms with Gasteiger partial charge in [0, 0.05) is 19.7 Å². The van der Waals surface area contributed by atoms with Crippen molar-refractivity contribution in [2.75, 3.05) is 26.3 Å². The monoisotopic (exact) mass is 319 g/mol. The van der Waals surface area contributed by atoms with E-state index in [1.807, 2.05) is 12.1 Å². The Hall–Kier alpha value is -1.59. The number of rotatable bonds is 6. The van der Waals surface area contributed by atoms with Crippen LogP contribution in [0.1, 0.15) is 31.2 Å². The molecule has 2 saturated heterocycles. The summed E-state index contributed by atoms with van der Waals surface area (Å²) in [4.78, 5) is 13.4. The average Bonchev–Trinajstić information content (AvgIpc) is 3.07. The summed E-state index contributed by atoms with van der Waals surface area (Å²) in [6, 6.07) is 8.09. The van der Waals surface area contributed by atoms with Crippen LogP contribution in [0, 0.1) is 5.92 Å². The summed E-state index contributed by atoms with van der Waals surface area (Å²) >= 11 is 0. The van der Waals surface area contributed by atoms with Crippen molar-refractivity contribution in [2.45, 2.75) is 38.3 Å². The summed E-state index contributed by atoms with van der Waals surface area (Å²) in [6.45, 7) is 3.82. The largest absolute Gasteiger partial charge is 0.491 e. The van der Waals surface area contributed by atoms with Crippen LogP contribution in [-0.4, -0.2) is 48.4 Å². The highest BCUT2D eigenvalue weighted by Gasteiger charge is 2.25. The second kappa shape index (κ2) is 7.79. The Morgan fingerprint density at radius 1 is 1.35 bits per heavy atom. The maximum atomic E-state index is 11.2. The lowest BCUT2D eigenvalue weighted by Gasteiger charge is -2.30. The molecule has 2 heterocycles. The van der Waals surface area contributed by atoms with Gasteiger partial charge in [-0.15, -0.1) is 0 Å². The molecule has 2 fully saturated rings. The van der Waals surface area contributed by atoms with Crippen LogP contribution in [0.2, 0.25) is 0 Å². The molecule has 1 aromatic rings. The van der Waals surface area contributed by atoms with Crippen LogP contribution in [0.4, 0.5) is 0 Å². The van der Waals surface area contributed by atoms with Crippen molar-refractivity contribution in [1.82, 2.24) is 4.90 Å². The second-order valence-electron chi connectivity index (χ2n) is 6.51. The molecule has 2 aliphatic heterocycles. The van der Waals surface area contributed by atoms with Crippen LogP contribution in [0.25, 0.3) is 0 Å². The van der Waals surface area contributed by atoms with Crippen LogP contribution in [0.15, 0.2) is 24.3 Å². The average molecular weight is 319 g/mol. The van der Waals surface area contributed by atoms with Gasteiger partial charge in [0.2, 0.25) is 0 Å². The van der Waals surface area contributed by atoms with Crippen molar-refractivity contribution in [3.8, 4) is 5.75 Å². The number of ether oxygens (including phenoxy) is 2. The molecule has 0 radical (unpaired) electrons. The van der Waals surface area contributed by atoms with Gasteiger partial charge in [-0.2, -0.15) is 0 Å². The predicted octanol–water partition coefficient (Wildman–Crippen LogP) is 2.54. The minimum Gasteiger partial charge on any atom is -0.491 e. The van der Waals surface area contributed by atoms with Crippen LogP contribution in [0.3, 0.4) is 0 Å². The first kappa shape index (κ1) is 16.3. The Morgan fingerprint density at radius 2 is 2.26 bits per heavy atom. The zero-order valence-electron chi connectivity index (χ0n) is 13.4. The molecule has 0 aromatic heterocycles. The molecule has 3 rings (SSSR count). The van der Waals surface area contributed by atoms with Crippen LogP contribution in [-0.2, 0) is 16.1 Å². The van der Waals surface area contributed by atoms with Gasteiger partial charge in [0.1, 0.15) is 12.4 Å². The number of carboxylic acid groups (broad SMARTS) is 1. The number of piperidine rings is 1. The Kier molecular flexibility index (Phi) is 5.51. The Labute approximate surface area is 137 Å². The lowest BCUT2D eigenvalue weighted by Crippen LogP contribution is -2.38. The minimum atomic E-state index is -0.677. The van der Waals surface area contributed by atoms with E-state index in [0.717, 1.165) is 51.1 Å². The topological polar surface area (TPSA) is 59.0 Å². The van der Waals surface area contributed by atoms with Crippen molar-refractivity contribution in [1.29, 1.82) is 0 Å². The number of benzene rings is 1. The van der Waals surface area contributed by atoms with E-state index in [9.17, 15) is 9.90 Å². The van der Waals surface area contributed by atoms with E-state index in [1.165, 1.54) is 5.56 Å². The van der Waals surface area contributed by atoms with Crippen molar-refractivity contribution in [2.24, 2.45) is 5.92 Å². The van der Waals surface area contributed by atoms with Gasteiger partial charge in [-0.05, 0) is 49.9 Å². The quantitative estimate of drug-likeness (QED) is 0.873. The minimum absolute atomic E-state index is 0.220. The number of aliphatic carboxylic acids is 1. The highest BCUT2D eigenvalue weighted by molar-refractivity contribution is 5.70. The maximum Gasteiger partial charge on any atom is 0.307 e. The second-order valence-corrected chi connectivity index (χ2v) is 6.51. The molecule has 2 unspecified atom stereocenters. The van der Waals surface area contributed by atoms with Gasteiger partial charge in [0.05, 0.1) is 12.0 Å². The summed E-state index contributed by atoms with van der Waals surface area (Å²) in [6.07, 6.45) is 4.15. The molecular formula is C18H25NO4. The molecule has 5 nitrogen and oxygen atoms in total. The zero-order valence-corrected chi connectivity index (χ0v) is 13.4. The van der Waals surface area contributed by atoms with Gasteiger partial charge in [-0.1, -0.05) is 12.1 Å². The highest BCUT2D eigenvalue weighted by atomic mass is 16.5. The number of likely N-dealkylation sites (tertiary alicyclic amines) is 1. The fourth-order valence-corrected chi connectivity index (χ4v) is 3.36. The molecule has 23 heavy (non-hydrogen) atoms. The van der Waals surface area contributed by atoms with Crippen molar-refractivity contribution < 1.29 is 19.4 Å². The first-order valence-electron chi connectivity index (χ1n) is 8.49. The summed E-state index contributed by atoms with van der Waals surface area (Å²) in [5, 5.41) is 9.18. The summed E-state index contributed by atoms with van der Waals surface area (Å²) in [7, 11) is 0. The van der Waals surface area contributed by atoms with E-state index in [-0.39, 0.29) is 12.0 Å². The fourth-order valence-electron chi connectivity index (χ4n) is 3.36. The van der Waals surface area contributed by atoms with Gasteiger partial charge in [-0.25, -0.2) is 0 Å². The van der Waals surface area contributed by atoms with Crippen molar-refractivity contribution >= 4 is 5.97 Å². The highest BCUT2D eigenvalue weighted by Crippen LogP contribution is 2.21. The van der Waals surface area contributed by atoms with E-state index in [2.05, 4.69) is 17.0 Å². The third-order valence-corrected chi connectivity index (χ3v) is 4.62. The molecule has 1 aromatic carbocycles. The van der Waals surface area contributed by atoms with Crippen LogP contribution in [0.5, 0.6) is 5.75 Å². The van der Waals surface area contributed by atoms with Crippen LogP contribution >= 0.6 is 0 Å². The molecule has 2 aliphatic rings. The summed E-state index contributed by atoms with van der Waals surface area (Å²) in [5.41, 5.74) is 1.17. The van der Waals surface area contributed by atoms with Gasteiger partial charge in [0.15, 0.2) is 0 Å². The van der Waals surface area contributed by atoms with Gasteiger partial charge in [-0.3, -0.25) is 9.69 Å². The molecular weight excluding hydrogens is 294 g/mol. The van der Waals surface area contributed by atoms with Gasteiger partial charge >= 0.3 is 5.97 Å². The molecule has 5 heteroatoms. The summed E-state index contributed by atoms with van der Waals surface area (Å²) < 4.78 is 11.4. The Morgan fingerprint density at radius 3 is 3.04 bits per heavy atom. The SMILES string of the molecule is O=C(O)C1CCCN(Cc2cccc(OCC3CCCO3)c2)C1. The van der Waals surface area contributed by atoms with E-state index < -0.39 is 5.97 Å². The first-order valence-corrected chi connectivity index (χ1v) is 8.49. The first-order chi connectivity index (χ1) is 11.2. The molecule has 1 N–H and O–H groups in total. The van der Waals surface area contributed by atoms with E-state index >= 15 is 0 Å². The zero-order chi connectivity index (χ0) is 16.1. The molecule has 0 amide bonds. The Balaban J connectivity index is 1.53. The van der Waals surface area contributed by atoms with Gasteiger partial charge < -0.3 is 14.6 Å². The Bertz CT molecular complexity index is 528. The lowest BCUT2D eigenvalue weighted by atomic mass is 9.98. The third-order valence-electron chi connectivity index (χ3n) is 4.62. The number of carbonyl (C=O) groups is 1. The van der Waals surface area contributed by atoms with Crippen LogP contribution < -0.4 is 4.74 Å². The number of hydrogen-bond donors (Lipinski definition) is 1. The van der Waals surface area contributed by atoms with Gasteiger partial charge in [0.25, 0.3) is 0 Å². The van der Waals surface area contributed by atoms with E-state index in [4.69, 9.17) is 9.47 Å².